The SMILES string of the molecule is C/C(=C\c1c(C)c(O)cc2c1[nH]c1c(O)ccc(C=O)c12)CCC(C)C. The first kappa shape index (κ1) is 18.1. The number of H-pyrrole nitrogens is 1. The number of phenols is 2. The van der Waals surface area contributed by atoms with Gasteiger partial charge in [0.1, 0.15) is 11.5 Å². The molecule has 1 heterocycles. The summed E-state index contributed by atoms with van der Waals surface area (Å²) in [5, 5.41) is 22.0. The Labute approximate surface area is 153 Å². The molecular weight excluding hydrogens is 326 g/mol. The van der Waals surface area contributed by atoms with Crippen molar-refractivity contribution in [1.29, 1.82) is 0 Å². The summed E-state index contributed by atoms with van der Waals surface area (Å²) in [5.41, 5.74) is 4.73. The molecule has 0 aliphatic rings. The molecular formula is C22H25NO3. The van der Waals surface area contributed by atoms with Crippen molar-refractivity contribution in [3.63, 3.8) is 0 Å². The molecule has 26 heavy (non-hydrogen) atoms. The number of allylic oxidation sites excluding steroid dienone is 1. The number of carbonyl (C=O) groups is 1. The summed E-state index contributed by atoms with van der Waals surface area (Å²) in [6.07, 6.45) is 4.95. The van der Waals surface area contributed by atoms with Gasteiger partial charge in [0.25, 0.3) is 0 Å². The number of aromatic nitrogens is 1. The van der Waals surface area contributed by atoms with Gasteiger partial charge < -0.3 is 15.2 Å². The molecule has 0 fully saturated rings. The Morgan fingerprint density at radius 2 is 1.92 bits per heavy atom. The van der Waals surface area contributed by atoms with Gasteiger partial charge >= 0.3 is 0 Å². The number of aromatic amines is 1. The van der Waals surface area contributed by atoms with Gasteiger partial charge in [0.2, 0.25) is 0 Å². The molecule has 3 rings (SSSR count). The van der Waals surface area contributed by atoms with Crippen LogP contribution in [0.2, 0.25) is 0 Å². The van der Waals surface area contributed by atoms with Crippen LogP contribution in [0.15, 0.2) is 23.8 Å². The Morgan fingerprint density at radius 1 is 1.19 bits per heavy atom. The molecule has 0 aliphatic carbocycles. The number of hydrogen-bond acceptors (Lipinski definition) is 3. The summed E-state index contributed by atoms with van der Waals surface area (Å²) in [4.78, 5) is 14.7. The van der Waals surface area contributed by atoms with E-state index in [9.17, 15) is 15.0 Å². The lowest BCUT2D eigenvalue weighted by molar-refractivity contribution is 0.112. The van der Waals surface area contributed by atoms with Gasteiger partial charge in [-0.25, -0.2) is 0 Å². The van der Waals surface area contributed by atoms with Gasteiger partial charge in [0.15, 0.2) is 6.29 Å². The Morgan fingerprint density at radius 3 is 2.58 bits per heavy atom. The monoisotopic (exact) mass is 351 g/mol. The van der Waals surface area contributed by atoms with Gasteiger partial charge in [0.05, 0.1) is 11.0 Å². The molecule has 1 aromatic heterocycles. The Kier molecular flexibility index (Phi) is 4.77. The molecule has 0 saturated heterocycles. The maximum Gasteiger partial charge on any atom is 0.150 e. The average molecular weight is 351 g/mol. The molecule has 0 radical (unpaired) electrons. The van der Waals surface area contributed by atoms with Gasteiger partial charge in [-0.05, 0) is 50.8 Å². The van der Waals surface area contributed by atoms with Crippen LogP contribution in [-0.2, 0) is 0 Å². The molecule has 2 aromatic carbocycles. The molecule has 0 bridgehead atoms. The highest BCUT2D eigenvalue weighted by atomic mass is 16.3. The van der Waals surface area contributed by atoms with E-state index in [2.05, 4.69) is 31.8 Å². The molecule has 0 saturated carbocycles. The quantitative estimate of drug-likeness (QED) is 0.517. The number of nitrogens with one attached hydrogen (secondary N) is 1. The van der Waals surface area contributed by atoms with Crippen LogP contribution in [0.3, 0.4) is 0 Å². The molecule has 4 heteroatoms. The highest BCUT2D eigenvalue weighted by molar-refractivity contribution is 6.17. The second-order valence-corrected chi connectivity index (χ2v) is 7.45. The molecule has 3 aromatic rings. The predicted molar refractivity (Wildman–Crippen MR) is 107 cm³/mol. The largest absolute Gasteiger partial charge is 0.508 e. The molecule has 0 unspecified atom stereocenters. The topological polar surface area (TPSA) is 73.3 Å². The normalized spacial score (nSPS) is 12.4. The molecule has 0 aliphatic heterocycles. The van der Waals surface area contributed by atoms with Crippen LogP contribution in [-0.4, -0.2) is 21.5 Å². The van der Waals surface area contributed by atoms with Crippen molar-refractivity contribution in [3.05, 3.63) is 40.5 Å². The fourth-order valence-electron chi connectivity index (χ4n) is 3.38. The van der Waals surface area contributed by atoms with Crippen molar-refractivity contribution in [1.82, 2.24) is 4.98 Å². The maximum atomic E-state index is 11.5. The van der Waals surface area contributed by atoms with Crippen LogP contribution < -0.4 is 0 Å². The van der Waals surface area contributed by atoms with Gasteiger partial charge in [-0.2, -0.15) is 0 Å². The average Bonchev–Trinajstić information content (AvgIpc) is 2.98. The summed E-state index contributed by atoms with van der Waals surface area (Å²) < 4.78 is 0. The highest BCUT2D eigenvalue weighted by Crippen LogP contribution is 2.39. The summed E-state index contributed by atoms with van der Waals surface area (Å²) in [5.74, 6) is 0.899. The van der Waals surface area contributed by atoms with Gasteiger partial charge in [-0.15, -0.1) is 0 Å². The smallest absolute Gasteiger partial charge is 0.150 e. The van der Waals surface area contributed by atoms with Crippen LogP contribution in [0.25, 0.3) is 27.9 Å². The molecule has 0 atom stereocenters. The number of aldehydes is 1. The van der Waals surface area contributed by atoms with Crippen LogP contribution in [0.4, 0.5) is 0 Å². The van der Waals surface area contributed by atoms with Crippen molar-refractivity contribution in [2.75, 3.05) is 0 Å². The maximum absolute atomic E-state index is 11.5. The van der Waals surface area contributed by atoms with Crippen molar-refractivity contribution >= 4 is 34.2 Å². The first-order valence-electron chi connectivity index (χ1n) is 8.95. The minimum atomic E-state index is 0.0883. The summed E-state index contributed by atoms with van der Waals surface area (Å²) in [6.45, 7) is 8.37. The van der Waals surface area contributed by atoms with Gasteiger partial charge in [-0.1, -0.05) is 25.5 Å². The van der Waals surface area contributed by atoms with Gasteiger partial charge in [-0.3, -0.25) is 4.79 Å². The minimum Gasteiger partial charge on any atom is -0.508 e. The molecule has 3 N–H and O–H groups in total. The van der Waals surface area contributed by atoms with Crippen LogP contribution >= 0.6 is 0 Å². The van der Waals surface area contributed by atoms with E-state index in [0.29, 0.717) is 22.4 Å². The van der Waals surface area contributed by atoms with E-state index in [1.54, 1.807) is 12.1 Å². The van der Waals surface area contributed by atoms with E-state index in [4.69, 9.17) is 0 Å². The summed E-state index contributed by atoms with van der Waals surface area (Å²) in [7, 11) is 0. The van der Waals surface area contributed by atoms with E-state index < -0.39 is 0 Å². The lowest BCUT2D eigenvalue weighted by Crippen LogP contribution is -1.90. The lowest BCUT2D eigenvalue weighted by Gasteiger charge is -2.09. The van der Waals surface area contributed by atoms with E-state index in [1.165, 1.54) is 11.6 Å². The van der Waals surface area contributed by atoms with Crippen molar-refractivity contribution in [2.45, 2.75) is 40.5 Å². The number of aromatic hydroxyl groups is 2. The minimum absolute atomic E-state index is 0.0883. The van der Waals surface area contributed by atoms with E-state index in [0.717, 1.165) is 41.2 Å². The van der Waals surface area contributed by atoms with E-state index >= 15 is 0 Å². The molecule has 0 spiro atoms. The third-order valence-electron chi connectivity index (χ3n) is 4.98. The van der Waals surface area contributed by atoms with Crippen molar-refractivity contribution in [2.24, 2.45) is 5.92 Å². The van der Waals surface area contributed by atoms with Gasteiger partial charge in [0, 0.05) is 27.5 Å². The number of fused-ring (bicyclic) bond motifs is 3. The zero-order valence-corrected chi connectivity index (χ0v) is 15.7. The first-order valence-corrected chi connectivity index (χ1v) is 8.95. The number of phenolic OH excluding ortho intramolecular Hbond substituents is 2. The third kappa shape index (κ3) is 3.07. The van der Waals surface area contributed by atoms with E-state index in [-0.39, 0.29) is 11.5 Å². The van der Waals surface area contributed by atoms with Crippen LogP contribution in [0, 0.1) is 12.8 Å². The Hall–Kier alpha value is -2.75. The summed E-state index contributed by atoms with van der Waals surface area (Å²) >= 11 is 0. The fraction of sp³-hybridized carbons (Fsp3) is 0.318. The number of carbonyl (C=O) groups excluding carboxylic acids is 1. The molecule has 0 amide bonds. The lowest BCUT2D eigenvalue weighted by atomic mass is 9.97. The van der Waals surface area contributed by atoms with Crippen molar-refractivity contribution in [3.8, 4) is 11.5 Å². The second-order valence-electron chi connectivity index (χ2n) is 7.45. The summed E-state index contributed by atoms with van der Waals surface area (Å²) in [6, 6.07) is 4.77. The number of hydrogen-bond donors (Lipinski definition) is 3. The van der Waals surface area contributed by atoms with Crippen molar-refractivity contribution < 1.29 is 15.0 Å². The predicted octanol–water partition coefficient (Wildman–Crippen LogP) is 5.69. The Bertz CT molecular complexity index is 1030. The van der Waals surface area contributed by atoms with E-state index in [1.807, 2.05) is 6.92 Å². The zero-order chi connectivity index (χ0) is 19.0. The van der Waals surface area contributed by atoms with Crippen LogP contribution in [0.1, 0.15) is 55.1 Å². The number of benzene rings is 2. The first-order chi connectivity index (χ1) is 12.3. The standard InChI is InChI=1S/C22H25NO3/c1-12(2)5-6-13(3)9-16-14(4)19(26)10-17-20-15(11-24)7-8-18(25)22(20)23-21(16)17/h7-12,23,25-26H,5-6H2,1-4H3/b13-9+. The zero-order valence-electron chi connectivity index (χ0n) is 15.7. The molecule has 136 valence electrons. The third-order valence-corrected chi connectivity index (χ3v) is 4.98. The number of rotatable bonds is 5. The second kappa shape index (κ2) is 6.87. The highest BCUT2D eigenvalue weighted by Gasteiger charge is 2.17. The fourth-order valence-corrected chi connectivity index (χ4v) is 3.38. The Balaban J connectivity index is 2.31. The molecule has 4 nitrogen and oxygen atoms in total. The van der Waals surface area contributed by atoms with Crippen LogP contribution in [0.5, 0.6) is 11.5 Å².